The third-order valence-electron chi connectivity index (χ3n) is 4.35. The van der Waals surface area contributed by atoms with Crippen LogP contribution in [0.2, 0.25) is 0 Å². The zero-order chi connectivity index (χ0) is 17.8. The molecule has 2 aromatic rings. The molecule has 1 aliphatic heterocycles. The zero-order valence-corrected chi connectivity index (χ0v) is 14.0. The van der Waals surface area contributed by atoms with Gasteiger partial charge in [0.25, 0.3) is 11.6 Å². The van der Waals surface area contributed by atoms with E-state index in [1.165, 1.54) is 12.1 Å². The molecule has 25 heavy (non-hydrogen) atoms. The van der Waals surface area contributed by atoms with Gasteiger partial charge >= 0.3 is 0 Å². The summed E-state index contributed by atoms with van der Waals surface area (Å²) < 4.78 is 1.71. The molecule has 0 radical (unpaired) electrons. The molecule has 1 N–H and O–H groups in total. The zero-order valence-electron chi connectivity index (χ0n) is 14.0. The lowest BCUT2D eigenvalue weighted by Crippen LogP contribution is -2.46. The monoisotopic (exact) mass is 344 g/mol. The number of hydrogen-bond acceptors (Lipinski definition) is 6. The van der Waals surface area contributed by atoms with Gasteiger partial charge in [0.2, 0.25) is 0 Å². The van der Waals surface area contributed by atoms with Crippen molar-refractivity contribution in [2.45, 2.75) is 19.9 Å². The summed E-state index contributed by atoms with van der Waals surface area (Å²) in [7, 11) is 0. The van der Waals surface area contributed by atoms with Crippen molar-refractivity contribution in [3.8, 4) is 0 Å². The Bertz CT molecular complexity index is 765. The molecule has 1 aliphatic rings. The molecule has 2 heterocycles. The average molecular weight is 344 g/mol. The quantitative estimate of drug-likeness (QED) is 0.635. The lowest BCUT2D eigenvalue weighted by molar-refractivity contribution is -0.384. The smallest absolute Gasteiger partial charge is 0.276 e. The number of nitro groups is 1. The number of aromatic nitrogens is 3. The highest BCUT2D eigenvalue weighted by atomic mass is 16.6. The summed E-state index contributed by atoms with van der Waals surface area (Å²) >= 11 is 0. The number of hydrogen-bond donors (Lipinski definition) is 1. The predicted molar refractivity (Wildman–Crippen MR) is 90.3 cm³/mol. The van der Waals surface area contributed by atoms with Crippen LogP contribution in [0.4, 0.5) is 5.69 Å². The van der Waals surface area contributed by atoms with E-state index in [4.69, 9.17) is 0 Å². The van der Waals surface area contributed by atoms with Crippen molar-refractivity contribution >= 4 is 11.6 Å². The maximum atomic E-state index is 12.5. The Kier molecular flexibility index (Phi) is 5.03. The number of aryl methyl sites for hydroxylation is 2. The van der Waals surface area contributed by atoms with Crippen molar-refractivity contribution in [1.29, 1.82) is 0 Å². The molecule has 3 rings (SSSR count). The molecular formula is C16H20N6O3. The Morgan fingerprint density at radius 1 is 1.28 bits per heavy atom. The molecule has 1 amide bonds. The molecule has 132 valence electrons. The van der Waals surface area contributed by atoms with Gasteiger partial charge in [0, 0.05) is 44.9 Å². The van der Waals surface area contributed by atoms with E-state index in [-0.39, 0.29) is 11.6 Å². The molecular weight excluding hydrogens is 324 g/mol. The second-order valence-electron chi connectivity index (χ2n) is 5.96. The summed E-state index contributed by atoms with van der Waals surface area (Å²) in [5.41, 5.74) is 2.18. The van der Waals surface area contributed by atoms with Gasteiger partial charge in [-0.1, -0.05) is 17.3 Å². The van der Waals surface area contributed by atoms with E-state index >= 15 is 0 Å². The van der Waals surface area contributed by atoms with Crippen LogP contribution in [0.25, 0.3) is 0 Å². The summed E-state index contributed by atoms with van der Waals surface area (Å²) in [6.45, 7) is 5.33. The molecule has 0 unspecified atom stereocenters. The highest BCUT2D eigenvalue weighted by Crippen LogP contribution is 2.14. The van der Waals surface area contributed by atoms with Crippen molar-refractivity contribution in [3.63, 3.8) is 0 Å². The molecule has 1 saturated heterocycles. The average Bonchev–Trinajstić information content (AvgIpc) is 3.01. The second-order valence-corrected chi connectivity index (χ2v) is 5.96. The standard InChI is InChI=1S/C16H20N6O3/c1-12-15(16(23)20-10-7-17-8-11-20)18-19-21(12)9-6-13-2-4-14(5-3-13)22(24)25/h2-5,17H,6-11H2,1H3. The first-order valence-electron chi connectivity index (χ1n) is 8.19. The van der Waals surface area contributed by atoms with E-state index in [9.17, 15) is 14.9 Å². The largest absolute Gasteiger partial charge is 0.335 e. The number of nitro benzene ring substituents is 1. The van der Waals surface area contributed by atoms with Gasteiger partial charge in [0.1, 0.15) is 0 Å². The molecule has 0 bridgehead atoms. The topological polar surface area (TPSA) is 106 Å². The van der Waals surface area contributed by atoms with E-state index in [0.717, 1.165) is 24.3 Å². The van der Waals surface area contributed by atoms with Crippen LogP contribution in [-0.4, -0.2) is 56.9 Å². The van der Waals surface area contributed by atoms with Crippen LogP contribution in [0.1, 0.15) is 21.7 Å². The highest BCUT2D eigenvalue weighted by molar-refractivity contribution is 5.93. The fourth-order valence-corrected chi connectivity index (χ4v) is 2.81. The van der Waals surface area contributed by atoms with E-state index in [1.54, 1.807) is 21.7 Å². The highest BCUT2D eigenvalue weighted by Gasteiger charge is 2.23. The van der Waals surface area contributed by atoms with Gasteiger partial charge in [-0.3, -0.25) is 14.9 Å². The van der Waals surface area contributed by atoms with Crippen molar-refractivity contribution < 1.29 is 9.72 Å². The summed E-state index contributed by atoms with van der Waals surface area (Å²) in [6.07, 6.45) is 0.656. The molecule has 1 aromatic carbocycles. The van der Waals surface area contributed by atoms with Crippen molar-refractivity contribution in [1.82, 2.24) is 25.2 Å². The lowest BCUT2D eigenvalue weighted by atomic mass is 10.1. The van der Waals surface area contributed by atoms with Gasteiger partial charge in [-0.2, -0.15) is 0 Å². The van der Waals surface area contributed by atoms with Gasteiger partial charge in [-0.05, 0) is 18.9 Å². The number of nitrogens with zero attached hydrogens (tertiary/aromatic N) is 5. The van der Waals surface area contributed by atoms with E-state index < -0.39 is 4.92 Å². The van der Waals surface area contributed by atoms with E-state index in [2.05, 4.69) is 15.6 Å². The number of nitrogens with one attached hydrogen (secondary N) is 1. The lowest BCUT2D eigenvalue weighted by Gasteiger charge is -2.26. The number of piperazine rings is 1. The number of amides is 1. The molecule has 1 fully saturated rings. The minimum Gasteiger partial charge on any atom is -0.335 e. The van der Waals surface area contributed by atoms with Gasteiger partial charge in [0.05, 0.1) is 10.6 Å². The third kappa shape index (κ3) is 3.82. The number of carbonyl (C=O) groups excluding carboxylic acids is 1. The van der Waals surface area contributed by atoms with Gasteiger partial charge < -0.3 is 10.2 Å². The molecule has 0 spiro atoms. The summed E-state index contributed by atoms with van der Waals surface area (Å²) in [5, 5.41) is 22.0. The van der Waals surface area contributed by atoms with Crippen molar-refractivity contribution in [2.24, 2.45) is 0 Å². The number of benzene rings is 1. The Morgan fingerprint density at radius 2 is 1.96 bits per heavy atom. The Hall–Kier alpha value is -2.81. The summed E-state index contributed by atoms with van der Waals surface area (Å²) in [6, 6.07) is 6.44. The normalized spacial score (nSPS) is 14.5. The number of carbonyl (C=O) groups is 1. The minimum atomic E-state index is -0.417. The Labute approximate surface area is 144 Å². The Morgan fingerprint density at radius 3 is 2.60 bits per heavy atom. The van der Waals surface area contributed by atoms with Crippen LogP contribution in [0.3, 0.4) is 0 Å². The predicted octanol–water partition coefficient (Wildman–Crippen LogP) is 0.783. The minimum absolute atomic E-state index is 0.0737. The molecule has 9 heteroatoms. The van der Waals surface area contributed by atoms with Crippen LogP contribution in [0.15, 0.2) is 24.3 Å². The summed E-state index contributed by atoms with van der Waals surface area (Å²) in [4.78, 5) is 24.6. The first-order valence-corrected chi connectivity index (χ1v) is 8.19. The maximum absolute atomic E-state index is 12.5. The Balaban J connectivity index is 1.64. The van der Waals surface area contributed by atoms with Gasteiger partial charge in [-0.25, -0.2) is 4.68 Å². The van der Waals surface area contributed by atoms with Crippen molar-refractivity contribution in [3.05, 3.63) is 51.3 Å². The number of non-ortho nitro benzene ring substituents is 1. The molecule has 9 nitrogen and oxygen atoms in total. The summed E-state index contributed by atoms with van der Waals surface area (Å²) in [5.74, 6) is -0.0828. The van der Waals surface area contributed by atoms with Gasteiger partial charge in [-0.15, -0.1) is 5.10 Å². The first kappa shape index (κ1) is 17.0. The van der Waals surface area contributed by atoms with E-state index in [0.29, 0.717) is 31.7 Å². The van der Waals surface area contributed by atoms with Crippen molar-refractivity contribution in [2.75, 3.05) is 26.2 Å². The second kappa shape index (κ2) is 7.39. The SMILES string of the molecule is Cc1c(C(=O)N2CCNCC2)nnn1CCc1ccc([N+](=O)[O-])cc1. The fourth-order valence-electron chi connectivity index (χ4n) is 2.81. The van der Waals surface area contributed by atoms with E-state index in [1.807, 2.05) is 6.92 Å². The van der Waals surface area contributed by atoms with Crippen LogP contribution in [0.5, 0.6) is 0 Å². The first-order chi connectivity index (χ1) is 12.1. The fraction of sp³-hybridized carbons (Fsp3) is 0.438. The molecule has 1 aromatic heterocycles. The molecule has 0 saturated carbocycles. The van der Waals surface area contributed by atoms with Crippen LogP contribution in [0, 0.1) is 17.0 Å². The molecule has 0 atom stereocenters. The third-order valence-corrected chi connectivity index (χ3v) is 4.35. The molecule has 0 aliphatic carbocycles. The van der Waals surface area contributed by atoms with Crippen LogP contribution in [-0.2, 0) is 13.0 Å². The van der Waals surface area contributed by atoms with Gasteiger partial charge in [0.15, 0.2) is 5.69 Å². The maximum Gasteiger partial charge on any atom is 0.276 e. The van der Waals surface area contributed by atoms with Crippen LogP contribution >= 0.6 is 0 Å². The van der Waals surface area contributed by atoms with Crippen LogP contribution < -0.4 is 5.32 Å². The number of rotatable bonds is 5.